The zero-order chi connectivity index (χ0) is 14.4. The Morgan fingerprint density at radius 3 is 2.67 bits per heavy atom. The first-order valence-electron chi connectivity index (χ1n) is 7.11. The van der Waals surface area contributed by atoms with E-state index in [0.717, 1.165) is 23.0 Å². The van der Waals surface area contributed by atoms with Crippen LogP contribution in [0.5, 0.6) is 5.75 Å². The average Bonchev–Trinajstić information content (AvgIpc) is 2.47. The van der Waals surface area contributed by atoms with E-state index in [1.54, 1.807) is 0 Å². The molecule has 4 rings (SSSR count). The molecule has 0 saturated carbocycles. The van der Waals surface area contributed by atoms with E-state index >= 15 is 0 Å². The number of anilines is 1. The van der Waals surface area contributed by atoms with Crippen molar-refractivity contribution in [2.45, 2.75) is 25.1 Å². The van der Waals surface area contributed by atoms with Crippen molar-refractivity contribution in [3.63, 3.8) is 0 Å². The fourth-order valence-electron chi connectivity index (χ4n) is 3.29. The molecule has 1 fully saturated rings. The number of fused-ring (bicyclic) bond motifs is 4. The molecule has 0 aromatic heterocycles. The number of ether oxygens (including phenoxy) is 1. The zero-order valence-corrected chi connectivity index (χ0v) is 12.6. The van der Waals surface area contributed by atoms with Crippen LogP contribution < -0.4 is 15.0 Å². The molecule has 0 spiro atoms. The largest absolute Gasteiger partial charge is 0.467 e. The second kappa shape index (κ2) is 4.46. The van der Waals surface area contributed by atoms with E-state index in [9.17, 15) is 0 Å². The topological polar surface area (TPSA) is 24.5 Å². The first-order chi connectivity index (χ1) is 10.2. The SMILES string of the molecule is C[C@@]12C[C@@H](NC(=S)N1c1ccccc1)c1ccccc1O2. The van der Waals surface area contributed by atoms with Crippen molar-refractivity contribution in [2.24, 2.45) is 0 Å². The highest BCUT2D eigenvalue weighted by Gasteiger charge is 2.48. The van der Waals surface area contributed by atoms with E-state index < -0.39 is 5.72 Å². The summed E-state index contributed by atoms with van der Waals surface area (Å²) >= 11 is 5.60. The van der Waals surface area contributed by atoms with Crippen molar-refractivity contribution in [2.75, 3.05) is 4.90 Å². The van der Waals surface area contributed by atoms with Gasteiger partial charge in [-0.05, 0) is 37.3 Å². The number of nitrogens with one attached hydrogen (secondary N) is 1. The second-order valence-electron chi connectivity index (χ2n) is 5.69. The fourth-order valence-corrected chi connectivity index (χ4v) is 3.73. The Labute approximate surface area is 129 Å². The highest BCUT2D eigenvalue weighted by Crippen LogP contribution is 2.45. The minimum atomic E-state index is -0.456. The van der Waals surface area contributed by atoms with Gasteiger partial charge >= 0.3 is 0 Å². The Bertz CT molecular complexity index is 703. The summed E-state index contributed by atoms with van der Waals surface area (Å²) in [5.74, 6) is 0.937. The lowest BCUT2D eigenvalue weighted by atomic mass is 9.90. The quantitative estimate of drug-likeness (QED) is 0.812. The van der Waals surface area contributed by atoms with E-state index in [4.69, 9.17) is 17.0 Å². The summed E-state index contributed by atoms with van der Waals surface area (Å²) in [6.45, 7) is 2.11. The van der Waals surface area contributed by atoms with Gasteiger partial charge in [0.05, 0.1) is 6.04 Å². The molecule has 21 heavy (non-hydrogen) atoms. The summed E-state index contributed by atoms with van der Waals surface area (Å²) in [7, 11) is 0. The standard InChI is InChI=1S/C17H16N2OS/c1-17-11-14(13-9-5-6-10-15(13)20-17)18-16(21)19(17)12-7-3-2-4-8-12/h2-10,14H,11H2,1H3,(H,18,21)/t14-,17-/m1/s1. The molecule has 1 saturated heterocycles. The van der Waals surface area contributed by atoms with Gasteiger partial charge in [0.2, 0.25) is 0 Å². The summed E-state index contributed by atoms with van der Waals surface area (Å²) in [4.78, 5) is 2.08. The molecule has 2 aliphatic heterocycles. The number of para-hydroxylation sites is 2. The van der Waals surface area contributed by atoms with Crippen LogP contribution in [0.1, 0.15) is 24.9 Å². The lowest BCUT2D eigenvalue weighted by molar-refractivity contribution is 0.0498. The van der Waals surface area contributed by atoms with E-state index in [2.05, 4.69) is 35.3 Å². The van der Waals surface area contributed by atoms with Gasteiger partial charge in [-0.3, -0.25) is 4.90 Å². The summed E-state index contributed by atoms with van der Waals surface area (Å²) in [5.41, 5.74) is 1.78. The third-order valence-electron chi connectivity index (χ3n) is 4.20. The summed E-state index contributed by atoms with van der Waals surface area (Å²) in [6.07, 6.45) is 0.860. The van der Waals surface area contributed by atoms with E-state index in [0.29, 0.717) is 0 Å². The molecule has 106 valence electrons. The maximum Gasteiger partial charge on any atom is 0.188 e. The average molecular weight is 296 g/mol. The molecular weight excluding hydrogens is 280 g/mol. The number of nitrogens with zero attached hydrogens (tertiary/aromatic N) is 1. The minimum Gasteiger partial charge on any atom is -0.467 e. The molecule has 3 nitrogen and oxygen atoms in total. The van der Waals surface area contributed by atoms with Crippen LogP contribution in [0.25, 0.3) is 0 Å². The highest BCUT2D eigenvalue weighted by molar-refractivity contribution is 7.80. The lowest BCUT2D eigenvalue weighted by Crippen LogP contribution is -2.65. The molecule has 2 aliphatic rings. The molecule has 2 bridgehead atoms. The normalized spacial score (nSPS) is 26.6. The number of benzene rings is 2. The molecule has 0 unspecified atom stereocenters. The number of hydrogen-bond acceptors (Lipinski definition) is 2. The smallest absolute Gasteiger partial charge is 0.188 e. The third kappa shape index (κ3) is 1.90. The van der Waals surface area contributed by atoms with E-state index in [-0.39, 0.29) is 6.04 Å². The number of hydrogen-bond donors (Lipinski definition) is 1. The molecule has 1 N–H and O–H groups in total. The Kier molecular flexibility index (Phi) is 2.69. The zero-order valence-electron chi connectivity index (χ0n) is 11.7. The van der Waals surface area contributed by atoms with Crippen molar-refractivity contribution in [3.05, 3.63) is 60.2 Å². The fraction of sp³-hybridized carbons (Fsp3) is 0.235. The highest BCUT2D eigenvalue weighted by atomic mass is 32.1. The van der Waals surface area contributed by atoms with Crippen molar-refractivity contribution in [3.8, 4) is 5.75 Å². The monoisotopic (exact) mass is 296 g/mol. The van der Waals surface area contributed by atoms with Crippen LogP contribution in [-0.2, 0) is 0 Å². The molecule has 0 amide bonds. The maximum absolute atomic E-state index is 6.33. The van der Waals surface area contributed by atoms with Crippen molar-refractivity contribution < 1.29 is 4.74 Å². The molecular formula is C17H16N2OS. The molecule has 2 aromatic rings. The molecule has 2 atom stereocenters. The molecule has 0 aliphatic carbocycles. The second-order valence-corrected chi connectivity index (χ2v) is 6.08. The van der Waals surface area contributed by atoms with Crippen molar-refractivity contribution in [1.29, 1.82) is 0 Å². The van der Waals surface area contributed by atoms with Crippen LogP contribution in [0, 0.1) is 0 Å². The molecule has 4 heteroatoms. The van der Waals surface area contributed by atoms with Gasteiger partial charge in [0.1, 0.15) is 5.75 Å². The van der Waals surface area contributed by atoms with E-state index in [1.807, 2.05) is 36.4 Å². The molecule has 2 heterocycles. The molecule has 2 aromatic carbocycles. The first kappa shape index (κ1) is 12.7. The van der Waals surface area contributed by atoms with Crippen LogP contribution in [0.4, 0.5) is 5.69 Å². The Hall–Kier alpha value is -2.07. The number of thiocarbonyl (C=S) groups is 1. The van der Waals surface area contributed by atoms with Crippen LogP contribution >= 0.6 is 12.2 Å². The Morgan fingerprint density at radius 1 is 1.14 bits per heavy atom. The van der Waals surface area contributed by atoms with Crippen LogP contribution in [0.3, 0.4) is 0 Å². The summed E-state index contributed by atoms with van der Waals surface area (Å²) in [5, 5.41) is 4.17. The third-order valence-corrected chi connectivity index (χ3v) is 4.50. The van der Waals surface area contributed by atoms with E-state index in [1.165, 1.54) is 5.56 Å². The van der Waals surface area contributed by atoms with Crippen LogP contribution in [-0.4, -0.2) is 10.8 Å². The first-order valence-corrected chi connectivity index (χ1v) is 7.52. The van der Waals surface area contributed by atoms with Gasteiger partial charge in [0.15, 0.2) is 10.8 Å². The number of rotatable bonds is 1. The van der Waals surface area contributed by atoms with Gasteiger partial charge in [0, 0.05) is 17.7 Å². The van der Waals surface area contributed by atoms with Gasteiger partial charge in [-0.25, -0.2) is 0 Å². The van der Waals surface area contributed by atoms with Crippen molar-refractivity contribution in [1.82, 2.24) is 5.32 Å². The Balaban J connectivity index is 1.82. The summed E-state index contributed by atoms with van der Waals surface area (Å²) < 4.78 is 6.33. The van der Waals surface area contributed by atoms with Gasteiger partial charge in [-0.15, -0.1) is 0 Å². The van der Waals surface area contributed by atoms with Gasteiger partial charge in [0.25, 0.3) is 0 Å². The maximum atomic E-state index is 6.33. The van der Waals surface area contributed by atoms with Crippen LogP contribution in [0.2, 0.25) is 0 Å². The predicted molar refractivity (Wildman–Crippen MR) is 87.5 cm³/mol. The minimum absolute atomic E-state index is 0.215. The predicted octanol–water partition coefficient (Wildman–Crippen LogP) is 3.62. The lowest BCUT2D eigenvalue weighted by Gasteiger charge is -2.52. The van der Waals surface area contributed by atoms with Gasteiger partial charge < -0.3 is 10.1 Å². The Morgan fingerprint density at radius 2 is 1.86 bits per heavy atom. The van der Waals surface area contributed by atoms with Crippen LogP contribution in [0.15, 0.2) is 54.6 Å². The summed E-state index contributed by atoms with van der Waals surface area (Å²) in [6, 6.07) is 18.6. The van der Waals surface area contributed by atoms with Gasteiger partial charge in [-0.2, -0.15) is 0 Å². The molecule has 0 radical (unpaired) electrons. The van der Waals surface area contributed by atoms with Gasteiger partial charge in [-0.1, -0.05) is 36.4 Å². The van der Waals surface area contributed by atoms with Crippen molar-refractivity contribution >= 4 is 23.0 Å².